The van der Waals surface area contributed by atoms with Crippen LogP contribution in [0.1, 0.15) is 11.1 Å². The number of sulfonamides is 1. The molecule has 0 saturated heterocycles. The van der Waals surface area contributed by atoms with E-state index in [-0.39, 0.29) is 10.4 Å². The van der Waals surface area contributed by atoms with Gasteiger partial charge in [0.15, 0.2) is 0 Å². The van der Waals surface area contributed by atoms with E-state index in [9.17, 15) is 8.42 Å². The van der Waals surface area contributed by atoms with Gasteiger partial charge in [-0.25, -0.2) is 0 Å². The van der Waals surface area contributed by atoms with Gasteiger partial charge in [0.2, 0.25) is 0 Å². The standard InChI is InChI=1S/C15H17NO2STe.H2O/c1-12-4-8-14(9-5-12)19(17,18)16-20(3)15-10-6-13(2)7-11-15;/h4-11H,1-3H3;1H2. The van der Waals surface area contributed by atoms with Crippen LogP contribution in [-0.2, 0) is 10.0 Å². The number of benzene rings is 2. The summed E-state index contributed by atoms with van der Waals surface area (Å²) < 4.78 is 29.8. The largest absolute Gasteiger partial charge is 0.412 e. The second-order valence-electron chi connectivity index (χ2n) is 4.65. The fraction of sp³-hybridized carbons (Fsp3) is 0.200. The van der Waals surface area contributed by atoms with E-state index >= 15 is 0 Å². The summed E-state index contributed by atoms with van der Waals surface area (Å²) >= 11 is -2.18. The van der Waals surface area contributed by atoms with Crippen LogP contribution in [0.4, 0.5) is 0 Å². The first kappa shape index (κ1) is 18.0. The van der Waals surface area contributed by atoms with Crippen LogP contribution in [0.2, 0.25) is 4.97 Å². The number of nitrogens with zero attached hydrogens (tertiary/aromatic N) is 1. The molecule has 114 valence electrons. The molecule has 2 N–H and O–H groups in total. The molecule has 0 saturated carbocycles. The first-order valence-electron chi connectivity index (χ1n) is 6.16. The molecule has 2 aromatic carbocycles. The molecule has 0 radical (unpaired) electrons. The van der Waals surface area contributed by atoms with Gasteiger partial charge in [0.25, 0.3) is 0 Å². The molecule has 0 unspecified atom stereocenters. The van der Waals surface area contributed by atoms with Crippen molar-refractivity contribution in [2.45, 2.75) is 23.7 Å². The van der Waals surface area contributed by atoms with E-state index in [1.54, 1.807) is 24.3 Å². The zero-order valence-corrected chi connectivity index (χ0v) is 15.3. The average molecular weight is 421 g/mol. The molecule has 0 spiro atoms. The van der Waals surface area contributed by atoms with Gasteiger partial charge < -0.3 is 5.48 Å². The summed E-state index contributed by atoms with van der Waals surface area (Å²) in [5.41, 5.74) is 2.21. The Labute approximate surface area is 132 Å². The number of hydrogen-bond donors (Lipinski definition) is 0. The van der Waals surface area contributed by atoms with E-state index < -0.39 is 29.4 Å². The molecule has 0 aliphatic rings. The molecule has 2 aromatic rings. The molecule has 0 fully saturated rings. The van der Waals surface area contributed by atoms with Crippen LogP contribution in [0.5, 0.6) is 0 Å². The van der Waals surface area contributed by atoms with Crippen LogP contribution < -0.4 is 3.61 Å². The second-order valence-corrected chi connectivity index (χ2v) is 11.6. The summed E-state index contributed by atoms with van der Waals surface area (Å²) in [4.78, 5) is 2.24. The maximum atomic E-state index is 12.3. The summed E-state index contributed by atoms with van der Waals surface area (Å²) in [6, 6.07) is 14.8. The fourth-order valence-electron chi connectivity index (χ4n) is 1.68. The van der Waals surface area contributed by atoms with Crippen molar-refractivity contribution in [1.29, 1.82) is 0 Å². The minimum Gasteiger partial charge on any atom is -0.412 e. The van der Waals surface area contributed by atoms with Gasteiger partial charge in [-0.3, -0.25) is 0 Å². The van der Waals surface area contributed by atoms with Crippen molar-refractivity contribution >= 4 is 33.0 Å². The zero-order chi connectivity index (χ0) is 14.8. The zero-order valence-electron chi connectivity index (χ0n) is 12.2. The van der Waals surface area contributed by atoms with Crippen molar-refractivity contribution in [3.8, 4) is 0 Å². The second kappa shape index (κ2) is 7.28. The maximum Gasteiger partial charge on any atom is -0.412 e. The fourth-order valence-corrected chi connectivity index (χ4v) is 8.13. The molecule has 0 atom stereocenters. The third-order valence-corrected chi connectivity index (χ3v) is 10.5. The van der Waals surface area contributed by atoms with Crippen LogP contribution in [0, 0.1) is 13.8 Å². The Balaban J connectivity index is 0.00000220. The Morgan fingerprint density at radius 1 is 0.857 bits per heavy atom. The molecule has 4 nitrogen and oxygen atoms in total. The molecule has 0 aliphatic heterocycles. The Kier molecular flexibility index (Phi) is 6.23. The predicted octanol–water partition coefficient (Wildman–Crippen LogP) is 1.96. The van der Waals surface area contributed by atoms with Gasteiger partial charge in [0.05, 0.1) is 0 Å². The first-order valence-corrected chi connectivity index (χ1v) is 12.1. The first-order chi connectivity index (χ1) is 9.38. The van der Waals surface area contributed by atoms with Crippen LogP contribution in [0.25, 0.3) is 0 Å². The van der Waals surface area contributed by atoms with Gasteiger partial charge in [-0.15, -0.1) is 0 Å². The van der Waals surface area contributed by atoms with E-state index in [1.807, 2.05) is 43.1 Å². The Bertz CT molecular complexity index is 735. The van der Waals surface area contributed by atoms with E-state index in [4.69, 9.17) is 0 Å². The molecule has 0 amide bonds. The van der Waals surface area contributed by atoms with E-state index in [0.29, 0.717) is 0 Å². The quantitative estimate of drug-likeness (QED) is 0.711. The summed E-state index contributed by atoms with van der Waals surface area (Å²) in [7, 11) is -3.53. The van der Waals surface area contributed by atoms with Crippen molar-refractivity contribution in [3.05, 3.63) is 59.7 Å². The van der Waals surface area contributed by atoms with Crippen molar-refractivity contribution in [2.75, 3.05) is 0 Å². The molecular formula is C15H19NO3STe. The van der Waals surface area contributed by atoms with Crippen LogP contribution in [0.3, 0.4) is 0 Å². The third-order valence-electron chi connectivity index (χ3n) is 2.89. The Morgan fingerprint density at radius 3 is 1.76 bits per heavy atom. The van der Waals surface area contributed by atoms with Crippen molar-refractivity contribution in [2.24, 2.45) is 2.59 Å². The van der Waals surface area contributed by atoms with Crippen LogP contribution >= 0.6 is 0 Å². The average Bonchev–Trinajstić information content (AvgIpc) is 2.39. The normalized spacial score (nSPS) is 12.7. The predicted molar refractivity (Wildman–Crippen MR) is 86.8 cm³/mol. The van der Waals surface area contributed by atoms with Crippen molar-refractivity contribution in [1.82, 2.24) is 0 Å². The molecule has 0 aromatic heterocycles. The van der Waals surface area contributed by atoms with Gasteiger partial charge >= 0.3 is 127 Å². The van der Waals surface area contributed by atoms with Crippen LogP contribution in [-0.4, -0.2) is 33.3 Å². The van der Waals surface area contributed by atoms with E-state index in [2.05, 4.69) is 2.59 Å². The SMILES string of the molecule is Cc1ccc([Te](C)=NS(=O)(=O)c2ccc(C)cc2)cc1.O. The van der Waals surface area contributed by atoms with Gasteiger partial charge in [0, 0.05) is 0 Å². The van der Waals surface area contributed by atoms with E-state index in [0.717, 1.165) is 9.17 Å². The van der Waals surface area contributed by atoms with Crippen LogP contribution in [0.15, 0.2) is 56.0 Å². The third kappa shape index (κ3) is 4.72. The molecular weight excluding hydrogens is 402 g/mol. The molecule has 21 heavy (non-hydrogen) atoms. The van der Waals surface area contributed by atoms with Crippen molar-refractivity contribution in [3.63, 3.8) is 0 Å². The van der Waals surface area contributed by atoms with Gasteiger partial charge in [0.1, 0.15) is 0 Å². The van der Waals surface area contributed by atoms with E-state index in [1.165, 1.54) is 5.56 Å². The maximum absolute atomic E-state index is 12.3. The topological polar surface area (TPSA) is 78.0 Å². The summed E-state index contributed by atoms with van der Waals surface area (Å²) in [6.07, 6.45) is 0. The molecule has 2 rings (SSSR count). The molecule has 0 aliphatic carbocycles. The monoisotopic (exact) mass is 423 g/mol. The number of aryl methyl sites for hydroxylation is 2. The summed E-state index contributed by atoms with van der Waals surface area (Å²) in [6.45, 7) is 3.94. The minimum absolute atomic E-state index is 0. The van der Waals surface area contributed by atoms with Gasteiger partial charge in [-0.2, -0.15) is 0 Å². The summed E-state index contributed by atoms with van der Waals surface area (Å²) in [5, 5.41) is 0. The van der Waals surface area contributed by atoms with Crippen molar-refractivity contribution < 1.29 is 13.9 Å². The molecule has 0 bridgehead atoms. The van der Waals surface area contributed by atoms with Gasteiger partial charge in [-0.05, 0) is 0 Å². The molecule has 6 heteroatoms. The minimum atomic E-state index is -3.53. The van der Waals surface area contributed by atoms with Gasteiger partial charge in [-0.1, -0.05) is 0 Å². The summed E-state index contributed by atoms with van der Waals surface area (Å²) in [5.74, 6) is 0. The Morgan fingerprint density at radius 2 is 1.29 bits per heavy atom. The Hall–Kier alpha value is -1.06. The molecule has 0 heterocycles. The number of hydrogen-bond acceptors (Lipinski definition) is 2. The number of rotatable bonds is 3. The smallest absolute Gasteiger partial charge is 0.412 e.